The second-order valence-corrected chi connectivity index (χ2v) is 5.82. The molecule has 2 unspecified atom stereocenters. The summed E-state index contributed by atoms with van der Waals surface area (Å²) in [6, 6.07) is 0. The Kier molecular flexibility index (Phi) is 14.8. The van der Waals surface area contributed by atoms with Crippen molar-refractivity contribution in [3.05, 3.63) is 0 Å². The minimum absolute atomic E-state index is 0.105. The van der Waals surface area contributed by atoms with E-state index >= 15 is 0 Å². The van der Waals surface area contributed by atoms with Crippen molar-refractivity contribution in [2.75, 3.05) is 0 Å². The second-order valence-electron chi connectivity index (χ2n) is 5.82. The van der Waals surface area contributed by atoms with Crippen molar-refractivity contribution >= 4 is 0 Å². The van der Waals surface area contributed by atoms with Crippen LogP contribution in [0.4, 0.5) is 13.2 Å². The average Bonchev–Trinajstić information content (AvgIpc) is 2.50. The molecule has 21 heavy (non-hydrogen) atoms. The van der Waals surface area contributed by atoms with E-state index in [2.05, 4.69) is 0 Å². The molecule has 0 nitrogen and oxygen atoms in total. The summed E-state index contributed by atoms with van der Waals surface area (Å²) in [5.74, 6) is -1.49. The summed E-state index contributed by atoms with van der Waals surface area (Å²) < 4.78 is 37.3. The van der Waals surface area contributed by atoms with Crippen LogP contribution in [-0.4, -0.2) is 12.1 Å². The molecule has 0 heterocycles. The highest BCUT2D eigenvalue weighted by atomic mass is 19.3. The Hall–Kier alpha value is -0.210. The van der Waals surface area contributed by atoms with Gasteiger partial charge in [-0.1, -0.05) is 54.4 Å². The largest absolute Gasteiger partial charge is 0.248 e. The van der Waals surface area contributed by atoms with Crippen molar-refractivity contribution in [2.24, 2.45) is 11.8 Å². The quantitative estimate of drug-likeness (QED) is 0.436. The summed E-state index contributed by atoms with van der Waals surface area (Å²) in [5.41, 5.74) is 0. The van der Waals surface area contributed by atoms with Gasteiger partial charge in [-0.2, -0.15) is 0 Å². The van der Waals surface area contributed by atoms with E-state index in [1.165, 1.54) is 6.42 Å². The van der Waals surface area contributed by atoms with Crippen LogP contribution in [0.2, 0.25) is 0 Å². The minimum atomic E-state index is -2.34. The van der Waals surface area contributed by atoms with E-state index < -0.39 is 12.1 Å². The first-order valence-corrected chi connectivity index (χ1v) is 8.92. The van der Waals surface area contributed by atoms with Gasteiger partial charge >= 0.3 is 0 Å². The topological polar surface area (TPSA) is 0 Å². The predicted octanol–water partition coefficient (Wildman–Crippen LogP) is 7.42. The molecule has 0 radical (unpaired) electrons. The van der Waals surface area contributed by atoms with Crippen LogP contribution in [-0.2, 0) is 0 Å². The van der Waals surface area contributed by atoms with Gasteiger partial charge < -0.3 is 0 Å². The first kappa shape index (κ1) is 23.1. The van der Waals surface area contributed by atoms with Crippen molar-refractivity contribution < 1.29 is 13.2 Å². The maximum absolute atomic E-state index is 12.6. The first-order valence-electron chi connectivity index (χ1n) is 8.92. The minimum Gasteiger partial charge on any atom is -0.247 e. The molecule has 0 saturated heterocycles. The third-order valence-electron chi connectivity index (χ3n) is 4.01. The van der Waals surface area contributed by atoms with E-state index in [9.17, 15) is 13.2 Å². The second kappa shape index (κ2) is 13.5. The normalized spacial score (nSPS) is 27.9. The Morgan fingerprint density at radius 3 is 1.48 bits per heavy atom. The molecule has 2 atom stereocenters. The maximum Gasteiger partial charge on any atom is 0.248 e. The third kappa shape index (κ3) is 12.1. The summed E-state index contributed by atoms with van der Waals surface area (Å²) in [4.78, 5) is 0. The van der Waals surface area contributed by atoms with E-state index in [1.54, 1.807) is 0 Å². The highest BCUT2D eigenvalue weighted by Crippen LogP contribution is 2.35. The molecular weight excluding hydrogens is 273 g/mol. The average molecular weight is 310 g/mol. The van der Waals surface area contributed by atoms with Crippen LogP contribution in [0.3, 0.4) is 0 Å². The molecule has 0 aliphatic heterocycles. The Labute approximate surface area is 130 Å². The molecule has 2 aliphatic carbocycles. The van der Waals surface area contributed by atoms with Gasteiger partial charge in [0.15, 0.2) is 0 Å². The molecule has 2 rings (SSSR count). The van der Waals surface area contributed by atoms with Crippen molar-refractivity contribution in [3.8, 4) is 0 Å². The van der Waals surface area contributed by atoms with Crippen molar-refractivity contribution in [1.82, 2.24) is 0 Å². The zero-order valence-electron chi connectivity index (χ0n) is 15.0. The third-order valence-corrected chi connectivity index (χ3v) is 4.01. The smallest absolute Gasteiger partial charge is 0.247 e. The standard InChI is InChI=1S/C7H12F2.C7H13F.2C2H6/c1-6-2-4-7(8,9)5-3-6;1-6-4-2-3-5-7(6)8;2*1-2/h6H,2-5H2,1H3;6-7H,2-5H2,1H3;2*1-2H3. The SMILES string of the molecule is CC.CC.CC1CCC(F)(F)CC1.CC1CCCCC1F. The first-order chi connectivity index (χ1) is 9.91. The molecule has 0 aromatic carbocycles. The predicted molar refractivity (Wildman–Crippen MR) is 87.8 cm³/mol. The van der Waals surface area contributed by atoms with Gasteiger partial charge in [0.2, 0.25) is 5.92 Å². The van der Waals surface area contributed by atoms with Gasteiger partial charge in [0.05, 0.1) is 0 Å². The molecule has 0 amide bonds. The van der Waals surface area contributed by atoms with E-state index in [0.29, 0.717) is 24.7 Å². The monoisotopic (exact) mass is 310 g/mol. The van der Waals surface area contributed by atoms with Crippen LogP contribution in [0, 0.1) is 11.8 Å². The lowest BCUT2D eigenvalue weighted by atomic mass is 9.88. The van der Waals surface area contributed by atoms with Gasteiger partial charge in [0, 0.05) is 12.8 Å². The van der Waals surface area contributed by atoms with Gasteiger partial charge in [-0.15, -0.1) is 0 Å². The van der Waals surface area contributed by atoms with Crippen LogP contribution in [0.25, 0.3) is 0 Å². The molecule has 130 valence electrons. The Balaban J connectivity index is 0. The van der Waals surface area contributed by atoms with Crippen molar-refractivity contribution in [3.63, 3.8) is 0 Å². The summed E-state index contributed by atoms with van der Waals surface area (Å²) in [6.07, 6.45) is 5.36. The van der Waals surface area contributed by atoms with Crippen LogP contribution >= 0.6 is 0 Å². The van der Waals surface area contributed by atoms with Crippen LogP contribution in [0.15, 0.2) is 0 Å². The summed E-state index contributed by atoms with van der Waals surface area (Å²) >= 11 is 0. The fraction of sp³-hybridized carbons (Fsp3) is 1.00. The fourth-order valence-corrected chi connectivity index (χ4v) is 2.46. The van der Waals surface area contributed by atoms with Crippen LogP contribution in [0.5, 0.6) is 0 Å². The zero-order chi connectivity index (χ0) is 16.9. The van der Waals surface area contributed by atoms with Gasteiger partial charge in [0.25, 0.3) is 0 Å². The lowest BCUT2D eigenvalue weighted by Crippen LogP contribution is -2.23. The van der Waals surface area contributed by atoms with Gasteiger partial charge in [-0.25, -0.2) is 13.2 Å². The highest BCUT2D eigenvalue weighted by molar-refractivity contribution is 4.74. The van der Waals surface area contributed by atoms with E-state index in [0.717, 1.165) is 19.3 Å². The van der Waals surface area contributed by atoms with Crippen molar-refractivity contribution in [2.45, 2.75) is 105 Å². The number of halogens is 3. The lowest BCUT2D eigenvalue weighted by Gasteiger charge is -2.25. The summed E-state index contributed by atoms with van der Waals surface area (Å²) in [7, 11) is 0. The molecule has 3 heteroatoms. The van der Waals surface area contributed by atoms with Crippen molar-refractivity contribution in [1.29, 1.82) is 0 Å². The molecule has 0 aromatic rings. The molecule has 0 spiro atoms. The summed E-state index contributed by atoms with van der Waals surface area (Å²) in [5, 5.41) is 0. The molecule has 2 saturated carbocycles. The van der Waals surface area contributed by atoms with E-state index in [4.69, 9.17) is 0 Å². The van der Waals surface area contributed by atoms with Gasteiger partial charge in [0.1, 0.15) is 6.17 Å². The van der Waals surface area contributed by atoms with Gasteiger partial charge in [-0.05, 0) is 37.5 Å². The van der Waals surface area contributed by atoms with Gasteiger partial charge in [-0.3, -0.25) is 0 Å². The molecular formula is C18H37F3. The Morgan fingerprint density at radius 1 is 0.762 bits per heavy atom. The summed E-state index contributed by atoms with van der Waals surface area (Å²) in [6.45, 7) is 12.0. The van der Waals surface area contributed by atoms with Crippen LogP contribution in [0.1, 0.15) is 92.9 Å². The Morgan fingerprint density at radius 2 is 1.19 bits per heavy atom. The number of alkyl halides is 3. The molecule has 2 aliphatic rings. The number of hydrogen-bond acceptors (Lipinski definition) is 0. The lowest BCUT2D eigenvalue weighted by molar-refractivity contribution is -0.0438. The molecule has 2 fully saturated rings. The molecule has 0 aromatic heterocycles. The molecule has 0 bridgehead atoms. The highest BCUT2D eigenvalue weighted by Gasteiger charge is 2.33. The van der Waals surface area contributed by atoms with E-state index in [1.807, 2.05) is 41.5 Å². The maximum atomic E-state index is 12.6. The zero-order valence-corrected chi connectivity index (χ0v) is 15.0. The molecule has 0 N–H and O–H groups in total. The fourth-order valence-electron chi connectivity index (χ4n) is 2.46. The van der Waals surface area contributed by atoms with Crippen LogP contribution < -0.4 is 0 Å². The number of rotatable bonds is 0. The Bertz CT molecular complexity index is 197. The van der Waals surface area contributed by atoms with E-state index in [-0.39, 0.29) is 12.8 Å². The number of hydrogen-bond donors (Lipinski definition) is 0.